The summed E-state index contributed by atoms with van der Waals surface area (Å²) in [6.45, 7) is 3.62. The Bertz CT molecular complexity index is 459. The van der Waals surface area contributed by atoms with Gasteiger partial charge in [-0.05, 0) is 56.5 Å². The van der Waals surface area contributed by atoms with Crippen LogP contribution in [-0.2, 0) is 4.79 Å². The largest absolute Gasteiger partial charge is 0.492 e. The average Bonchev–Trinajstić information content (AvgIpc) is 2.46. The van der Waals surface area contributed by atoms with Crippen molar-refractivity contribution in [3.8, 4) is 5.75 Å². The highest BCUT2D eigenvalue weighted by atomic mass is 35.5. The Kier molecular flexibility index (Phi) is 6.33. The van der Waals surface area contributed by atoms with E-state index in [0.29, 0.717) is 24.0 Å². The molecule has 1 heterocycles. The van der Waals surface area contributed by atoms with E-state index in [4.69, 9.17) is 21.4 Å². The number of hydrogen-bond acceptors (Lipinski definition) is 3. The van der Waals surface area contributed by atoms with Crippen molar-refractivity contribution in [2.24, 2.45) is 5.92 Å². The quantitative estimate of drug-likeness (QED) is 0.839. The number of carbonyl (C=O) groups is 1. The van der Waals surface area contributed by atoms with Gasteiger partial charge >= 0.3 is 5.97 Å². The summed E-state index contributed by atoms with van der Waals surface area (Å²) in [6.07, 6.45) is 3.28. The molecule has 0 bridgehead atoms. The molecule has 1 aromatic carbocycles. The molecular formula is C16H22ClNO3. The highest BCUT2D eigenvalue weighted by Crippen LogP contribution is 2.22. The number of carboxylic acids is 1. The van der Waals surface area contributed by atoms with Crippen molar-refractivity contribution in [3.63, 3.8) is 0 Å². The first kappa shape index (κ1) is 16.1. The van der Waals surface area contributed by atoms with Crippen molar-refractivity contribution in [3.05, 3.63) is 29.3 Å². The molecule has 0 amide bonds. The van der Waals surface area contributed by atoms with E-state index in [1.807, 2.05) is 24.3 Å². The van der Waals surface area contributed by atoms with Gasteiger partial charge in [0, 0.05) is 18.0 Å². The van der Waals surface area contributed by atoms with E-state index in [9.17, 15) is 4.79 Å². The van der Waals surface area contributed by atoms with Crippen molar-refractivity contribution in [1.82, 2.24) is 4.90 Å². The van der Waals surface area contributed by atoms with Crippen molar-refractivity contribution in [2.75, 3.05) is 26.2 Å². The molecule has 1 N–H and O–H groups in total. The first-order valence-electron chi connectivity index (χ1n) is 7.46. The zero-order valence-corrected chi connectivity index (χ0v) is 12.9. The lowest BCUT2D eigenvalue weighted by atomic mass is 9.92. The summed E-state index contributed by atoms with van der Waals surface area (Å²) < 4.78 is 5.69. The topological polar surface area (TPSA) is 49.8 Å². The smallest absolute Gasteiger partial charge is 0.303 e. The molecule has 4 nitrogen and oxygen atoms in total. The number of carboxylic acid groups (broad SMARTS) is 1. The minimum Gasteiger partial charge on any atom is -0.492 e. The molecule has 1 saturated heterocycles. The Morgan fingerprint density at radius 1 is 1.38 bits per heavy atom. The van der Waals surface area contributed by atoms with E-state index >= 15 is 0 Å². The number of halogens is 1. The van der Waals surface area contributed by atoms with Gasteiger partial charge in [0.15, 0.2) is 0 Å². The van der Waals surface area contributed by atoms with Crippen LogP contribution in [0.5, 0.6) is 5.75 Å². The predicted molar refractivity (Wildman–Crippen MR) is 83.0 cm³/mol. The van der Waals surface area contributed by atoms with Crippen LogP contribution in [0.25, 0.3) is 0 Å². The van der Waals surface area contributed by atoms with E-state index < -0.39 is 5.97 Å². The van der Waals surface area contributed by atoms with Gasteiger partial charge in [-0.25, -0.2) is 0 Å². The van der Waals surface area contributed by atoms with Crippen LogP contribution in [-0.4, -0.2) is 42.2 Å². The number of likely N-dealkylation sites (tertiary alicyclic amines) is 1. The van der Waals surface area contributed by atoms with Gasteiger partial charge < -0.3 is 9.84 Å². The molecule has 1 aliphatic rings. The Hall–Kier alpha value is -1.26. The maximum Gasteiger partial charge on any atom is 0.303 e. The molecule has 0 spiro atoms. The fourth-order valence-corrected chi connectivity index (χ4v) is 2.86. The molecule has 0 saturated carbocycles. The zero-order chi connectivity index (χ0) is 15.1. The van der Waals surface area contributed by atoms with Gasteiger partial charge in [0.25, 0.3) is 0 Å². The predicted octanol–water partition coefficient (Wildman–Crippen LogP) is 3.30. The van der Waals surface area contributed by atoms with Crippen LogP contribution in [0.1, 0.15) is 25.7 Å². The summed E-state index contributed by atoms with van der Waals surface area (Å²) >= 11 is 5.91. The van der Waals surface area contributed by atoms with Crippen LogP contribution in [0.2, 0.25) is 5.02 Å². The highest BCUT2D eigenvalue weighted by molar-refractivity contribution is 6.30. The second kappa shape index (κ2) is 8.25. The van der Waals surface area contributed by atoms with Gasteiger partial charge in [0.2, 0.25) is 0 Å². The number of nitrogens with zero attached hydrogens (tertiary/aromatic N) is 1. The van der Waals surface area contributed by atoms with Crippen LogP contribution in [0.4, 0.5) is 0 Å². The van der Waals surface area contributed by atoms with Crippen molar-refractivity contribution < 1.29 is 14.6 Å². The summed E-state index contributed by atoms with van der Waals surface area (Å²) in [6, 6.07) is 7.44. The standard InChI is InChI=1S/C16H22ClNO3/c17-14-2-1-3-15(12-14)21-11-10-18-8-6-13(7-9-18)4-5-16(19)20/h1-3,12-13H,4-11H2,(H,19,20). The molecule has 21 heavy (non-hydrogen) atoms. The van der Waals surface area contributed by atoms with E-state index in [1.54, 1.807) is 0 Å². The molecule has 0 radical (unpaired) electrons. The molecule has 116 valence electrons. The SMILES string of the molecule is O=C(O)CCC1CCN(CCOc2cccc(Cl)c2)CC1. The molecule has 5 heteroatoms. The number of benzene rings is 1. The number of ether oxygens (including phenoxy) is 1. The molecule has 1 aromatic rings. The molecule has 0 unspecified atom stereocenters. The summed E-state index contributed by atoms with van der Waals surface area (Å²) in [7, 11) is 0. The normalized spacial score (nSPS) is 16.8. The van der Waals surface area contributed by atoms with Crippen LogP contribution < -0.4 is 4.74 Å². The molecule has 2 rings (SSSR count). The van der Waals surface area contributed by atoms with E-state index in [0.717, 1.165) is 44.6 Å². The highest BCUT2D eigenvalue weighted by Gasteiger charge is 2.19. The van der Waals surface area contributed by atoms with Gasteiger partial charge in [0.05, 0.1) is 0 Å². The van der Waals surface area contributed by atoms with Crippen molar-refractivity contribution in [1.29, 1.82) is 0 Å². The van der Waals surface area contributed by atoms with E-state index in [2.05, 4.69) is 4.90 Å². The number of rotatable bonds is 7. The summed E-state index contributed by atoms with van der Waals surface area (Å²) in [5.74, 6) is 0.678. The van der Waals surface area contributed by atoms with Gasteiger partial charge in [-0.15, -0.1) is 0 Å². The maximum atomic E-state index is 10.6. The Morgan fingerprint density at radius 2 is 2.14 bits per heavy atom. The van der Waals surface area contributed by atoms with Crippen LogP contribution in [0.15, 0.2) is 24.3 Å². The zero-order valence-electron chi connectivity index (χ0n) is 12.1. The van der Waals surface area contributed by atoms with Gasteiger partial charge in [-0.3, -0.25) is 9.69 Å². The molecule has 0 atom stereocenters. The fourth-order valence-electron chi connectivity index (χ4n) is 2.68. The summed E-state index contributed by atoms with van der Waals surface area (Å²) in [4.78, 5) is 12.9. The first-order valence-corrected chi connectivity index (χ1v) is 7.84. The van der Waals surface area contributed by atoms with E-state index in [1.165, 1.54) is 0 Å². The lowest BCUT2D eigenvalue weighted by Crippen LogP contribution is -2.36. The van der Waals surface area contributed by atoms with Gasteiger partial charge in [-0.2, -0.15) is 0 Å². The van der Waals surface area contributed by atoms with Gasteiger partial charge in [-0.1, -0.05) is 17.7 Å². The molecule has 0 aliphatic carbocycles. The molecule has 1 aliphatic heterocycles. The van der Waals surface area contributed by atoms with Crippen molar-refractivity contribution >= 4 is 17.6 Å². The van der Waals surface area contributed by atoms with Crippen LogP contribution >= 0.6 is 11.6 Å². The molecule has 0 aromatic heterocycles. The maximum absolute atomic E-state index is 10.6. The Labute approximate surface area is 130 Å². The lowest BCUT2D eigenvalue weighted by molar-refractivity contribution is -0.137. The monoisotopic (exact) mass is 311 g/mol. The minimum atomic E-state index is -0.688. The molecule has 1 fully saturated rings. The van der Waals surface area contributed by atoms with Crippen molar-refractivity contribution in [2.45, 2.75) is 25.7 Å². The number of piperidine rings is 1. The fraction of sp³-hybridized carbons (Fsp3) is 0.562. The number of aliphatic carboxylic acids is 1. The third-order valence-corrected chi connectivity index (χ3v) is 4.18. The second-order valence-corrected chi connectivity index (χ2v) is 5.96. The van der Waals surface area contributed by atoms with Crippen LogP contribution in [0, 0.1) is 5.92 Å². The third-order valence-electron chi connectivity index (χ3n) is 3.95. The Morgan fingerprint density at radius 3 is 2.81 bits per heavy atom. The minimum absolute atomic E-state index is 0.294. The van der Waals surface area contributed by atoms with Crippen LogP contribution in [0.3, 0.4) is 0 Å². The Balaban J connectivity index is 1.61. The molecular weight excluding hydrogens is 290 g/mol. The van der Waals surface area contributed by atoms with Gasteiger partial charge in [0.1, 0.15) is 12.4 Å². The first-order chi connectivity index (χ1) is 10.1. The summed E-state index contributed by atoms with van der Waals surface area (Å²) in [5.41, 5.74) is 0. The average molecular weight is 312 g/mol. The third kappa shape index (κ3) is 5.94. The second-order valence-electron chi connectivity index (χ2n) is 5.52. The van der Waals surface area contributed by atoms with E-state index in [-0.39, 0.29) is 0 Å². The number of hydrogen-bond donors (Lipinski definition) is 1. The lowest BCUT2D eigenvalue weighted by Gasteiger charge is -2.31. The summed E-state index contributed by atoms with van der Waals surface area (Å²) in [5, 5.41) is 9.39.